The van der Waals surface area contributed by atoms with Crippen LogP contribution in [-0.2, 0) is 17.8 Å². The number of fused-ring (bicyclic) bond motifs is 1. The first-order valence-electron chi connectivity index (χ1n) is 6.63. The molecule has 0 aromatic heterocycles. The van der Waals surface area contributed by atoms with E-state index in [0.29, 0.717) is 24.5 Å². The minimum Gasteiger partial charge on any atom is -0.497 e. The SMILES string of the molecule is COc1ccc(COc2cc3c(cc2N)CC(=O)N3)cc1. The molecule has 0 saturated heterocycles. The molecule has 108 valence electrons. The summed E-state index contributed by atoms with van der Waals surface area (Å²) >= 11 is 0. The van der Waals surface area contributed by atoms with E-state index in [-0.39, 0.29) is 5.91 Å². The predicted octanol–water partition coefficient (Wildman–Crippen LogP) is 2.35. The summed E-state index contributed by atoms with van der Waals surface area (Å²) in [6.45, 7) is 0.404. The zero-order valence-corrected chi connectivity index (χ0v) is 11.7. The first-order valence-corrected chi connectivity index (χ1v) is 6.63. The number of hydrogen-bond donors (Lipinski definition) is 2. The highest BCUT2D eigenvalue weighted by Gasteiger charge is 2.19. The van der Waals surface area contributed by atoms with Gasteiger partial charge in [-0.1, -0.05) is 12.1 Å². The van der Waals surface area contributed by atoms with Crippen LogP contribution in [0.25, 0.3) is 0 Å². The number of carbonyl (C=O) groups is 1. The van der Waals surface area contributed by atoms with Crippen LogP contribution in [0, 0.1) is 0 Å². The molecule has 0 aliphatic carbocycles. The van der Waals surface area contributed by atoms with Crippen LogP contribution >= 0.6 is 0 Å². The zero-order valence-electron chi connectivity index (χ0n) is 11.7. The normalized spacial score (nSPS) is 12.7. The van der Waals surface area contributed by atoms with Gasteiger partial charge < -0.3 is 20.5 Å². The smallest absolute Gasteiger partial charge is 0.228 e. The molecule has 5 heteroatoms. The molecule has 1 heterocycles. The van der Waals surface area contributed by atoms with Crippen molar-refractivity contribution in [2.24, 2.45) is 0 Å². The maximum atomic E-state index is 11.4. The lowest BCUT2D eigenvalue weighted by molar-refractivity contribution is -0.115. The van der Waals surface area contributed by atoms with Crippen molar-refractivity contribution >= 4 is 17.3 Å². The molecule has 0 spiro atoms. The summed E-state index contributed by atoms with van der Waals surface area (Å²) in [6.07, 6.45) is 0.373. The fraction of sp³-hybridized carbons (Fsp3) is 0.188. The Balaban J connectivity index is 1.73. The van der Waals surface area contributed by atoms with Crippen LogP contribution < -0.4 is 20.5 Å². The number of nitrogen functional groups attached to an aromatic ring is 1. The molecule has 0 fully saturated rings. The highest BCUT2D eigenvalue weighted by molar-refractivity contribution is 6.00. The van der Waals surface area contributed by atoms with E-state index < -0.39 is 0 Å². The van der Waals surface area contributed by atoms with Gasteiger partial charge in [0.05, 0.1) is 19.2 Å². The van der Waals surface area contributed by atoms with E-state index in [0.717, 1.165) is 22.6 Å². The second kappa shape index (κ2) is 5.36. The number of methoxy groups -OCH3 is 1. The Labute approximate surface area is 122 Å². The molecule has 2 aromatic carbocycles. The molecule has 0 atom stereocenters. The third-order valence-corrected chi connectivity index (χ3v) is 3.41. The van der Waals surface area contributed by atoms with Gasteiger partial charge in [-0.05, 0) is 29.3 Å². The minimum atomic E-state index is -0.0169. The van der Waals surface area contributed by atoms with E-state index in [1.54, 1.807) is 19.2 Å². The van der Waals surface area contributed by atoms with Crippen molar-refractivity contribution in [3.05, 3.63) is 47.5 Å². The monoisotopic (exact) mass is 284 g/mol. The number of hydrogen-bond acceptors (Lipinski definition) is 4. The van der Waals surface area contributed by atoms with Crippen molar-refractivity contribution in [3.63, 3.8) is 0 Å². The third-order valence-electron chi connectivity index (χ3n) is 3.41. The molecule has 2 aromatic rings. The van der Waals surface area contributed by atoms with Crippen molar-refractivity contribution in [1.29, 1.82) is 0 Å². The van der Waals surface area contributed by atoms with Gasteiger partial charge in [0, 0.05) is 11.8 Å². The summed E-state index contributed by atoms with van der Waals surface area (Å²) in [5.74, 6) is 1.36. The van der Waals surface area contributed by atoms with Crippen molar-refractivity contribution in [2.45, 2.75) is 13.0 Å². The van der Waals surface area contributed by atoms with Gasteiger partial charge in [0.15, 0.2) is 0 Å². The molecule has 1 aliphatic rings. The van der Waals surface area contributed by atoms with Crippen LogP contribution in [0.1, 0.15) is 11.1 Å². The Morgan fingerprint density at radius 3 is 2.71 bits per heavy atom. The topological polar surface area (TPSA) is 73.6 Å². The van der Waals surface area contributed by atoms with Gasteiger partial charge in [-0.2, -0.15) is 0 Å². The van der Waals surface area contributed by atoms with Crippen molar-refractivity contribution < 1.29 is 14.3 Å². The summed E-state index contributed by atoms with van der Waals surface area (Å²) in [6, 6.07) is 11.2. The van der Waals surface area contributed by atoms with Gasteiger partial charge in [0.25, 0.3) is 0 Å². The quantitative estimate of drug-likeness (QED) is 0.845. The van der Waals surface area contributed by atoms with Crippen LogP contribution in [0.4, 0.5) is 11.4 Å². The number of carbonyl (C=O) groups excluding carboxylic acids is 1. The molecule has 1 amide bonds. The van der Waals surface area contributed by atoms with Crippen LogP contribution in [0.15, 0.2) is 36.4 Å². The number of nitrogens with one attached hydrogen (secondary N) is 1. The summed E-state index contributed by atoms with van der Waals surface area (Å²) in [4.78, 5) is 11.4. The van der Waals surface area contributed by atoms with Gasteiger partial charge in [-0.3, -0.25) is 4.79 Å². The number of benzene rings is 2. The number of ether oxygens (including phenoxy) is 2. The maximum Gasteiger partial charge on any atom is 0.228 e. The van der Waals surface area contributed by atoms with Crippen LogP contribution in [0.5, 0.6) is 11.5 Å². The average Bonchev–Trinajstić information content (AvgIpc) is 2.84. The Hall–Kier alpha value is -2.69. The molecular weight excluding hydrogens is 268 g/mol. The molecule has 0 bridgehead atoms. The molecule has 21 heavy (non-hydrogen) atoms. The molecule has 3 rings (SSSR count). The highest BCUT2D eigenvalue weighted by Crippen LogP contribution is 2.33. The lowest BCUT2D eigenvalue weighted by Gasteiger charge is -2.11. The summed E-state index contributed by atoms with van der Waals surface area (Å²) in [5, 5.41) is 2.79. The summed E-state index contributed by atoms with van der Waals surface area (Å²) < 4.78 is 10.9. The summed E-state index contributed by atoms with van der Waals surface area (Å²) in [5.41, 5.74) is 9.21. The Morgan fingerprint density at radius 1 is 1.24 bits per heavy atom. The van der Waals surface area contributed by atoms with Gasteiger partial charge in [0.1, 0.15) is 18.1 Å². The van der Waals surface area contributed by atoms with E-state index in [4.69, 9.17) is 15.2 Å². The standard InChI is InChI=1S/C16H16N2O3/c1-20-12-4-2-10(3-5-12)9-21-15-8-14-11(6-13(15)17)7-16(19)18-14/h2-6,8H,7,9,17H2,1H3,(H,18,19). The van der Waals surface area contributed by atoms with Crippen molar-refractivity contribution in [1.82, 2.24) is 0 Å². The molecular formula is C16H16N2O3. The second-order valence-corrected chi connectivity index (χ2v) is 4.91. The molecule has 0 radical (unpaired) electrons. The minimum absolute atomic E-state index is 0.0169. The fourth-order valence-electron chi connectivity index (χ4n) is 2.28. The first kappa shape index (κ1) is 13.3. The first-order chi connectivity index (χ1) is 10.2. The average molecular weight is 284 g/mol. The highest BCUT2D eigenvalue weighted by atomic mass is 16.5. The van der Waals surface area contributed by atoms with Crippen molar-refractivity contribution in [2.75, 3.05) is 18.2 Å². The zero-order chi connectivity index (χ0) is 14.8. The van der Waals surface area contributed by atoms with Crippen LogP contribution in [0.2, 0.25) is 0 Å². The Morgan fingerprint density at radius 2 is 2.00 bits per heavy atom. The molecule has 0 saturated carbocycles. The van der Waals surface area contributed by atoms with Gasteiger partial charge in [-0.15, -0.1) is 0 Å². The number of nitrogens with two attached hydrogens (primary N) is 1. The van der Waals surface area contributed by atoms with Crippen molar-refractivity contribution in [3.8, 4) is 11.5 Å². The number of rotatable bonds is 4. The summed E-state index contributed by atoms with van der Waals surface area (Å²) in [7, 11) is 1.63. The van der Waals surface area contributed by atoms with E-state index in [1.807, 2.05) is 24.3 Å². The molecule has 0 unspecified atom stereocenters. The van der Waals surface area contributed by atoms with Gasteiger partial charge in [0.2, 0.25) is 5.91 Å². The van der Waals surface area contributed by atoms with Gasteiger partial charge in [-0.25, -0.2) is 0 Å². The Bertz CT molecular complexity index is 681. The lowest BCUT2D eigenvalue weighted by Crippen LogP contribution is -2.03. The maximum absolute atomic E-state index is 11.4. The molecule has 3 N–H and O–H groups in total. The lowest BCUT2D eigenvalue weighted by atomic mass is 10.1. The van der Waals surface area contributed by atoms with E-state index in [2.05, 4.69) is 5.32 Å². The second-order valence-electron chi connectivity index (χ2n) is 4.91. The largest absolute Gasteiger partial charge is 0.497 e. The van der Waals surface area contributed by atoms with Crippen LogP contribution in [0.3, 0.4) is 0 Å². The van der Waals surface area contributed by atoms with Crippen LogP contribution in [-0.4, -0.2) is 13.0 Å². The Kier molecular flexibility index (Phi) is 3.39. The van der Waals surface area contributed by atoms with Gasteiger partial charge >= 0.3 is 0 Å². The number of anilines is 2. The van der Waals surface area contributed by atoms with E-state index in [1.165, 1.54) is 0 Å². The third kappa shape index (κ3) is 2.76. The fourth-order valence-corrected chi connectivity index (χ4v) is 2.28. The molecule has 5 nitrogen and oxygen atoms in total. The van der Waals surface area contributed by atoms with E-state index >= 15 is 0 Å². The molecule has 1 aliphatic heterocycles. The predicted molar refractivity (Wildman–Crippen MR) is 80.5 cm³/mol. The number of amides is 1. The van der Waals surface area contributed by atoms with E-state index in [9.17, 15) is 4.79 Å².